The van der Waals surface area contributed by atoms with Crippen LogP contribution >= 0.6 is 0 Å². The first-order chi connectivity index (χ1) is 10.5. The highest BCUT2D eigenvalue weighted by Gasteiger charge is 2.50. The van der Waals surface area contributed by atoms with Crippen molar-refractivity contribution in [2.45, 2.75) is 31.4 Å². The monoisotopic (exact) mass is 301 g/mol. The molecule has 0 spiro atoms. The number of allylic oxidation sites excluding steroid dienone is 1. The maximum absolute atomic E-state index is 12.7. The van der Waals surface area contributed by atoms with Gasteiger partial charge in [-0.1, -0.05) is 42.5 Å². The third kappa shape index (κ3) is 2.52. The average Bonchev–Trinajstić information content (AvgIpc) is 3.04. The summed E-state index contributed by atoms with van der Waals surface area (Å²) in [7, 11) is 0. The quantitative estimate of drug-likeness (QED) is 0.866. The van der Waals surface area contributed by atoms with Crippen LogP contribution in [-0.4, -0.2) is 40.3 Å². The highest BCUT2D eigenvalue weighted by atomic mass is 16.6. The molecule has 1 heterocycles. The van der Waals surface area contributed by atoms with Gasteiger partial charge in [-0.2, -0.15) is 0 Å². The van der Waals surface area contributed by atoms with Gasteiger partial charge >= 0.3 is 6.09 Å². The maximum atomic E-state index is 12.7. The zero-order valence-electron chi connectivity index (χ0n) is 12.4. The van der Waals surface area contributed by atoms with E-state index in [1.54, 1.807) is 12.2 Å². The summed E-state index contributed by atoms with van der Waals surface area (Å²) >= 11 is 0. The standard InChI is InChI=1S/C17H19NO4/c1-17(10-12-6-3-2-4-7-12)11-22-16(21)18(17)15(20)13-8-5-9-14(13)19/h2-7,9,13-14,19H,8,10-11H2,1H3. The first-order valence-corrected chi connectivity index (χ1v) is 7.41. The number of carbonyl (C=O) groups is 2. The van der Waals surface area contributed by atoms with Gasteiger partial charge in [-0.05, 0) is 25.3 Å². The molecule has 0 bridgehead atoms. The Bertz CT molecular complexity index is 612. The van der Waals surface area contributed by atoms with Gasteiger partial charge in [-0.15, -0.1) is 0 Å². The third-order valence-electron chi connectivity index (χ3n) is 4.33. The first kappa shape index (κ1) is 14.8. The number of hydrogen-bond donors (Lipinski definition) is 1. The molecule has 116 valence electrons. The molecule has 1 saturated heterocycles. The summed E-state index contributed by atoms with van der Waals surface area (Å²) < 4.78 is 5.13. The molecule has 22 heavy (non-hydrogen) atoms. The Morgan fingerprint density at radius 1 is 1.41 bits per heavy atom. The molecule has 2 amide bonds. The number of rotatable bonds is 3. The van der Waals surface area contributed by atoms with Crippen molar-refractivity contribution in [1.82, 2.24) is 4.90 Å². The van der Waals surface area contributed by atoms with E-state index in [-0.39, 0.29) is 12.5 Å². The third-order valence-corrected chi connectivity index (χ3v) is 4.33. The van der Waals surface area contributed by atoms with Crippen molar-refractivity contribution in [3.8, 4) is 0 Å². The summed E-state index contributed by atoms with van der Waals surface area (Å²) in [5.41, 5.74) is 0.309. The Kier molecular flexibility index (Phi) is 3.74. The second kappa shape index (κ2) is 5.57. The summed E-state index contributed by atoms with van der Waals surface area (Å²) in [5.74, 6) is -0.959. The highest BCUT2D eigenvalue weighted by Crippen LogP contribution is 2.32. The van der Waals surface area contributed by atoms with Crippen LogP contribution in [0, 0.1) is 5.92 Å². The molecule has 1 aliphatic heterocycles. The Hall–Kier alpha value is -2.14. The van der Waals surface area contributed by atoms with Crippen LogP contribution < -0.4 is 0 Å². The lowest BCUT2D eigenvalue weighted by atomic mass is 9.90. The van der Waals surface area contributed by atoms with Crippen LogP contribution in [0.1, 0.15) is 18.9 Å². The number of aliphatic hydroxyl groups is 1. The zero-order valence-corrected chi connectivity index (χ0v) is 12.4. The Morgan fingerprint density at radius 3 is 2.77 bits per heavy atom. The number of carbonyl (C=O) groups excluding carboxylic acids is 2. The van der Waals surface area contributed by atoms with Crippen LogP contribution in [0.5, 0.6) is 0 Å². The van der Waals surface area contributed by atoms with Crippen molar-refractivity contribution in [3.05, 3.63) is 48.0 Å². The Balaban J connectivity index is 1.84. The second-order valence-electron chi connectivity index (χ2n) is 6.15. The van der Waals surface area contributed by atoms with E-state index in [1.807, 2.05) is 37.3 Å². The normalized spacial score (nSPS) is 30.6. The number of benzene rings is 1. The fourth-order valence-electron chi connectivity index (χ4n) is 3.14. The summed E-state index contributed by atoms with van der Waals surface area (Å²) in [6.45, 7) is 2.01. The van der Waals surface area contributed by atoms with E-state index in [4.69, 9.17) is 4.74 Å². The molecule has 1 aliphatic carbocycles. The van der Waals surface area contributed by atoms with E-state index < -0.39 is 23.7 Å². The molecular formula is C17H19NO4. The molecule has 0 radical (unpaired) electrons. The van der Waals surface area contributed by atoms with E-state index in [0.717, 1.165) is 5.56 Å². The molecule has 0 aromatic heterocycles. The minimum absolute atomic E-state index is 0.169. The smallest absolute Gasteiger partial charge is 0.417 e. The van der Waals surface area contributed by atoms with Gasteiger partial charge in [0, 0.05) is 0 Å². The van der Waals surface area contributed by atoms with Crippen molar-refractivity contribution in [2.24, 2.45) is 5.92 Å². The van der Waals surface area contributed by atoms with Crippen molar-refractivity contribution >= 4 is 12.0 Å². The van der Waals surface area contributed by atoms with Gasteiger partial charge in [-0.3, -0.25) is 4.79 Å². The minimum Gasteiger partial charge on any atom is -0.447 e. The molecule has 1 aromatic rings. The topological polar surface area (TPSA) is 66.8 Å². The average molecular weight is 301 g/mol. The van der Waals surface area contributed by atoms with Crippen molar-refractivity contribution in [2.75, 3.05) is 6.61 Å². The van der Waals surface area contributed by atoms with Crippen molar-refractivity contribution < 1.29 is 19.4 Å². The largest absolute Gasteiger partial charge is 0.447 e. The lowest BCUT2D eigenvalue weighted by Crippen LogP contribution is -2.52. The highest BCUT2D eigenvalue weighted by molar-refractivity contribution is 5.96. The van der Waals surface area contributed by atoms with Crippen molar-refractivity contribution in [1.29, 1.82) is 0 Å². The molecule has 1 fully saturated rings. The van der Waals surface area contributed by atoms with Crippen LogP contribution in [0.4, 0.5) is 4.79 Å². The summed E-state index contributed by atoms with van der Waals surface area (Å²) in [6, 6.07) is 9.69. The van der Waals surface area contributed by atoms with E-state index in [0.29, 0.717) is 12.8 Å². The van der Waals surface area contributed by atoms with E-state index in [2.05, 4.69) is 0 Å². The predicted molar refractivity (Wildman–Crippen MR) is 80.0 cm³/mol. The summed E-state index contributed by atoms with van der Waals surface area (Å²) in [6.07, 6.45) is 2.89. The molecule has 1 N–H and O–H groups in total. The van der Waals surface area contributed by atoms with Gasteiger partial charge in [0.2, 0.25) is 5.91 Å². The molecular weight excluding hydrogens is 282 g/mol. The number of hydrogen-bond acceptors (Lipinski definition) is 4. The lowest BCUT2D eigenvalue weighted by molar-refractivity contribution is -0.137. The summed E-state index contributed by atoms with van der Waals surface area (Å²) in [4.78, 5) is 26.0. The van der Waals surface area contributed by atoms with Gasteiger partial charge in [0.1, 0.15) is 6.61 Å². The van der Waals surface area contributed by atoms with Gasteiger partial charge in [0.25, 0.3) is 0 Å². The molecule has 5 nitrogen and oxygen atoms in total. The second-order valence-corrected chi connectivity index (χ2v) is 6.15. The number of nitrogens with zero attached hydrogens (tertiary/aromatic N) is 1. The van der Waals surface area contributed by atoms with Crippen molar-refractivity contribution in [3.63, 3.8) is 0 Å². The number of imide groups is 1. The van der Waals surface area contributed by atoms with Crippen LogP contribution in [0.3, 0.4) is 0 Å². The van der Waals surface area contributed by atoms with Crippen LogP contribution in [-0.2, 0) is 16.0 Å². The fourth-order valence-corrected chi connectivity index (χ4v) is 3.14. The minimum atomic E-state index is -0.832. The van der Waals surface area contributed by atoms with Gasteiger partial charge in [-0.25, -0.2) is 9.69 Å². The molecule has 5 heteroatoms. The lowest BCUT2D eigenvalue weighted by Gasteiger charge is -2.32. The number of amides is 2. The number of cyclic esters (lactones) is 1. The van der Waals surface area contributed by atoms with Crippen LogP contribution in [0.25, 0.3) is 0 Å². The Morgan fingerprint density at radius 2 is 2.14 bits per heavy atom. The van der Waals surface area contributed by atoms with E-state index in [1.165, 1.54) is 4.90 Å². The fraction of sp³-hybridized carbons (Fsp3) is 0.412. The molecule has 3 atom stereocenters. The predicted octanol–water partition coefficient (Wildman–Crippen LogP) is 1.90. The zero-order chi connectivity index (χ0) is 15.7. The number of ether oxygens (including phenoxy) is 1. The molecule has 2 aliphatic rings. The van der Waals surface area contributed by atoms with E-state index in [9.17, 15) is 14.7 Å². The van der Waals surface area contributed by atoms with Gasteiger partial charge in [0.05, 0.1) is 17.6 Å². The van der Waals surface area contributed by atoms with Gasteiger partial charge < -0.3 is 9.84 Å². The number of aliphatic hydroxyl groups excluding tert-OH is 1. The maximum Gasteiger partial charge on any atom is 0.417 e. The molecule has 3 rings (SSSR count). The molecule has 3 unspecified atom stereocenters. The Labute approximate surface area is 129 Å². The SMILES string of the molecule is CC1(Cc2ccccc2)COC(=O)N1C(=O)C1CC=CC1O. The van der Waals surface area contributed by atoms with Crippen LogP contribution in [0.15, 0.2) is 42.5 Å². The first-order valence-electron chi connectivity index (χ1n) is 7.41. The molecule has 0 saturated carbocycles. The summed E-state index contributed by atoms with van der Waals surface area (Å²) in [5, 5.41) is 9.88. The molecule has 1 aromatic carbocycles. The van der Waals surface area contributed by atoms with E-state index >= 15 is 0 Å². The van der Waals surface area contributed by atoms with Gasteiger partial charge in [0.15, 0.2) is 0 Å². The van der Waals surface area contributed by atoms with Crippen LogP contribution in [0.2, 0.25) is 0 Å².